The van der Waals surface area contributed by atoms with Gasteiger partial charge in [0.1, 0.15) is 43.7 Å². The summed E-state index contributed by atoms with van der Waals surface area (Å²) in [6.45, 7) is 1.56. The number of benzene rings is 2. The summed E-state index contributed by atoms with van der Waals surface area (Å²) in [5, 5.41) is 29.3. The fourth-order valence-corrected chi connectivity index (χ4v) is 7.77. The van der Waals surface area contributed by atoms with E-state index < -0.39 is 63.0 Å². The van der Waals surface area contributed by atoms with Crippen molar-refractivity contribution in [2.75, 3.05) is 33.3 Å². The number of phenols is 1. The van der Waals surface area contributed by atoms with Gasteiger partial charge in [-0.05, 0) is 36.2 Å². The minimum absolute atomic E-state index is 0.00233. The van der Waals surface area contributed by atoms with Crippen molar-refractivity contribution in [3.8, 4) is 40.3 Å². The van der Waals surface area contributed by atoms with Crippen molar-refractivity contribution >= 4 is 38.9 Å². The molecule has 1 amide bonds. The highest BCUT2D eigenvalue weighted by molar-refractivity contribution is 7.90. The normalized spacial score (nSPS) is 19.1. The molecule has 0 saturated carbocycles. The molecule has 3 N–H and O–H groups in total. The van der Waals surface area contributed by atoms with E-state index in [9.17, 15) is 33.0 Å². The maximum atomic E-state index is 14.4. The van der Waals surface area contributed by atoms with E-state index in [1.165, 1.54) is 51.8 Å². The Kier molecular flexibility index (Phi) is 10.8. The number of hydrogen-bond acceptors (Lipinski definition) is 15. The Hall–Kier alpha value is -5.68. The summed E-state index contributed by atoms with van der Waals surface area (Å²) >= 11 is 6.60. The van der Waals surface area contributed by atoms with Gasteiger partial charge in [-0.15, -0.1) is 0 Å². The quantitative estimate of drug-likeness (QED) is 0.166. The van der Waals surface area contributed by atoms with Gasteiger partial charge < -0.3 is 39.0 Å². The number of carbonyl (C=O) groups excluding carboxylic acids is 3. The number of aliphatic hydroxyl groups is 1. The third-order valence-corrected chi connectivity index (χ3v) is 10.9. The first kappa shape index (κ1) is 39.0. The van der Waals surface area contributed by atoms with Crippen LogP contribution in [-0.4, -0.2) is 90.2 Å². The van der Waals surface area contributed by atoms with Crippen LogP contribution in [0.1, 0.15) is 60.0 Å². The molecule has 1 aliphatic carbocycles. The molecule has 0 radical (unpaired) electrons. The Labute approximate surface area is 320 Å². The Morgan fingerprint density at radius 2 is 1.80 bits per heavy atom. The topological polar surface area (TPSA) is 227 Å². The molecular weight excluding hydrogens is 760 g/mol. The summed E-state index contributed by atoms with van der Waals surface area (Å²) in [4.78, 5) is 51.2. The predicted octanol–water partition coefficient (Wildman–Crippen LogP) is 4.72. The molecular formula is C37H37ClN4O12S. The molecule has 6 rings (SSSR count). The third-order valence-electron chi connectivity index (χ3n) is 9.60. The number of fused-ring (bicyclic) bond motifs is 1. The number of hydrogen-bond donors (Lipinski definition) is 3. The number of aliphatic hydroxyl groups excluding tert-OH is 1. The van der Waals surface area contributed by atoms with Crippen LogP contribution in [0.5, 0.6) is 28.7 Å². The highest BCUT2D eigenvalue weighted by atomic mass is 35.5. The average Bonchev–Trinajstić information content (AvgIpc) is 3.77. The molecule has 18 heteroatoms. The van der Waals surface area contributed by atoms with Crippen molar-refractivity contribution in [2.24, 2.45) is 5.92 Å². The first-order valence-corrected chi connectivity index (χ1v) is 19.3. The molecule has 290 valence electrons. The van der Waals surface area contributed by atoms with Crippen LogP contribution in [0.25, 0.3) is 11.5 Å². The smallest absolute Gasteiger partial charge is 0.249 e. The summed E-state index contributed by atoms with van der Waals surface area (Å²) in [6, 6.07) is 9.46. The number of pyridine rings is 1. The standard InChI is InChI=1S/C37H37ClN4O12S/c1-18-14-24(44)29(33(46)37(18)34(47)30-26(51-3)17-27(52-4)31(38)32(30)53-37)20(19-9-10-23(43)25(15-19)50-2)16-28(45)40-22(11-13-55(5,48)49)36-41-35(42-54-36)21-8-6-7-12-39-21/h6-10,12,15,17-18,20,22,43,46H,11,13-14,16H2,1-5H3,(H,40,45). The van der Waals surface area contributed by atoms with Crippen LogP contribution >= 0.6 is 11.6 Å². The highest BCUT2D eigenvalue weighted by Gasteiger charge is 2.61. The third kappa shape index (κ3) is 7.28. The average molecular weight is 797 g/mol. The molecule has 2 aliphatic rings. The molecule has 4 atom stereocenters. The lowest BCUT2D eigenvalue weighted by Gasteiger charge is -2.38. The van der Waals surface area contributed by atoms with Gasteiger partial charge in [-0.2, -0.15) is 4.98 Å². The number of aromatic nitrogens is 3. The number of phenolic OH excluding ortho intramolecular Hbond substituents is 1. The van der Waals surface area contributed by atoms with Crippen LogP contribution < -0.4 is 24.3 Å². The minimum atomic E-state index is -3.52. The van der Waals surface area contributed by atoms with Crippen molar-refractivity contribution in [1.82, 2.24) is 20.4 Å². The lowest BCUT2D eigenvalue weighted by Crippen LogP contribution is -2.53. The zero-order valence-corrected chi connectivity index (χ0v) is 31.9. The van der Waals surface area contributed by atoms with Crippen molar-refractivity contribution in [3.63, 3.8) is 0 Å². The molecule has 0 saturated heterocycles. The van der Waals surface area contributed by atoms with E-state index in [2.05, 4.69) is 20.4 Å². The second-order valence-corrected chi connectivity index (χ2v) is 15.8. The van der Waals surface area contributed by atoms with Crippen LogP contribution in [-0.2, 0) is 19.4 Å². The number of carbonyl (C=O) groups is 3. The number of sulfone groups is 1. The van der Waals surface area contributed by atoms with Crippen LogP contribution in [0, 0.1) is 5.92 Å². The van der Waals surface area contributed by atoms with E-state index in [-0.39, 0.29) is 80.8 Å². The minimum Gasteiger partial charge on any atom is -0.507 e. The number of nitrogens with zero attached hydrogens (tertiary/aromatic N) is 3. The first-order chi connectivity index (χ1) is 26.1. The summed E-state index contributed by atoms with van der Waals surface area (Å²) in [5.41, 5.74) is -1.93. The molecule has 2 aromatic heterocycles. The summed E-state index contributed by atoms with van der Waals surface area (Å²) in [7, 11) is 0.481. The predicted molar refractivity (Wildman–Crippen MR) is 195 cm³/mol. The molecule has 0 fully saturated rings. The second kappa shape index (κ2) is 15.2. The Bertz CT molecular complexity index is 2310. The Morgan fingerprint density at radius 3 is 2.45 bits per heavy atom. The van der Waals surface area contributed by atoms with Crippen molar-refractivity contribution in [1.29, 1.82) is 0 Å². The molecule has 55 heavy (non-hydrogen) atoms. The summed E-state index contributed by atoms with van der Waals surface area (Å²) < 4.78 is 52.3. The number of allylic oxidation sites excluding steroid dienone is 1. The van der Waals surface area contributed by atoms with Gasteiger partial charge >= 0.3 is 0 Å². The summed E-state index contributed by atoms with van der Waals surface area (Å²) in [6.07, 6.45) is 1.57. The lowest BCUT2D eigenvalue weighted by molar-refractivity contribution is -0.122. The first-order valence-electron chi connectivity index (χ1n) is 16.9. The highest BCUT2D eigenvalue weighted by Crippen LogP contribution is 2.56. The number of nitrogens with one attached hydrogen (secondary N) is 1. The molecule has 2 aromatic carbocycles. The number of Topliss-reactive ketones (excluding diaryl/α,β-unsaturated/α-hetero) is 2. The zero-order chi connectivity index (χ0) is 39.8. The number of rotatable bonds is 13. The van der Waals surface area contributed by atoms with Crippen LogP contribution in [0.3, 0.4) is 0 Å². The number of halogens is 1. The maximum Gasteiger partial charge on any atom is 0.249 e. The van der Waals surface area contributed by atoms with Gasteiger partial charge in [0, 0.05) is 48.8 Å². The Morgan fingerprint density at radius 1 is 1.07 bits per heavy atom. The van der Waals surface area contributed by atoms with Gasteiger partial charge in [0.05, 0.1) is 27.1 Å². The molecule has 16 nitrogen and oxygen atoms in total. The van der Waals surface area contributed by atoms with Crippen LogP contribution in [0.2, 0.25) is 5.02 Å². The van der Waals surface area contributed by atoms with Gasteiger partial charge in [0.25, 0.3) is 0 Å². The van der Waals surface area contributed by atoms with E-state index >= 15 is 0 Å². The van der Waals surface area contributed by atoms with E-state index in [0.29, 0.717) is 5.69 Å². The van der Waals surface area contributed by atoms with E-state index in [1.807, 2.05) is 0 Å². The number of amides is 1. The van der Waals surface area contributed by atoms with E-state index in [0.717, 1.165) is 6.26 Å². The second-order valence-electron chi connectivity index (χ2n) is 13.2. The summed E-state index contributed by atoms with van der Waals surface area (Å²) in [5.74, 6) is -5.53. The van der Waals surface area contributed by atoms with Crippen molar-refractivity contribution in [3.05, 3.63) is 82.0 Å². The van der Waals surface area contributed by atoms with Gasteiger partial charge in [-0.3, -0.25) is 19.4 Å². The molecule has 0 bridgehead atoms. The SMILES string of the molecule is COc1cc(C(CC(=O)NC(CCS(C)(=O)=O)c2nc(-c3ccccn3)no2)C2=C(O)C3(Oc4c(Cl)c(OC)cc(OC)c4C3=O)C(C)CC2=O)ccc1O. The van der Waals surface area contributed by atoms with Crippen LogP contribution in [0.4, 0.5) is 0 Å². The van der Waals surface area contributed by atoms with Gasteiger partial charge in [-0.1, -0.05) is 35.8 Å². The van der Waals surface area contributed by atoms with Gasteiger partial charge in [0.15, 0.2) is 28.8 Å². The van der Waals surface area contributed by atoms with Crippen molar-refractivity contribution in [2.45, 2.75) is 43.7 Å². The zero-order valence-electron chi connectivity index (χ0n) is 30.3. The van der Waals surface area contributed by atoms with Gasteiger partial charge in [0.2, 0.25) is 29.0 Å². The van der Waals surface area contributed by atoms with Crippen LogP contribution in [0.15, 0.2) is 64.5 Å². The largest absolute Gasteiger partial charge is 0.507 e. The van der Waals surface area contributed by atoms with Crippen molar-refractivity contribution < 1.29 is 56.5 Å². The fourth-order valence-electron chi connectivity index (χ4n) is 6.84. The fraction of sp³-hybridized carbons (Fsp3) is 0.351. The molecule has 3 heterocycles. The number of methoxy groups -OCH3 is 3. The van der Waals surface area contributed by atoms with E-state index in [1.54, 1.807) is 25.1 Å². The van der Waals surface area contributed by atoms with E-state index in [4.69, 9.17) is 35.1 Å². The Balaban J connectivity index is 1.43. The maximum absolute atomic E-state index is 14.4. The monoisotopic (exact) mass is 796 g/mol. The molecule has 1 spiro atoms. The number of aromatic hydroxyl groups is 1. The lowest BCUT2D eigenvalue weighted by atomic mass is 9.69. The van der Waals surface area contributed by atoms with Gasteiger partial charge in [-0.25, -0.2) is 8.42 Å². The molecule has 4 aromatic rings. The number of ether oxygens (including phenoxy) is 4. The molecule has 4 unspecified atom stereocenters. The molecule has 1 aliphatic heterocycles. The number of ketones is 2.